The number of aromatic nitrogens is 1. The molecule has 4 aromatic rings. The molecule has 0 saturated carbocycles. The lowest BCUT2D eigenvalue weighted by molar-refractivity contribution is 0.103. The van der Waals surface area contributed by atoms with Crippen molar-refractivity contribution in [3.63, 3.8) is 0 Å². The molecule has 0 aliphatic rings. The molecule has 0 radical (unpaired) electrons. The summed E-state index contributed by atoms with van der Waals surface area (Å²) in [6.45, 7) is 0. The van der Waals surface area contributed by atoms with Crippen LogP contribution >= 0.6 is 0 Å². The largest absolute Gasteiger partial charge is 0.493 e. The van der Waals surface area contributed by atoms with Gasteiger partial charge in [-0.05, 0) is 42.0 Å². The van der Waals surface area contributed by atoms with Gasteiger partial charge in [0.2, 0.25) is 5.75 Å². The Labute approximate surface area is 185 Å². The van der Waals surface area contributed by atoms with Gasteiger partial charge in [-0.15, -0.1) is 0 Å². The smallest absolute Gasteiger partial charge is 0.203 e. The zero-order valence-electron chi connectivity index (χ0n) is 18.0. The van der Waals surface area contributed by atoms with Gasteiger partial charge in [-0.3, -0.25) is 4.79 Å². The van der Waals surface area contributed by atoms with Crippen LogP contribution in [-0.2, 0) is 0 Å². The zero-order valence-corrected chi connectivity index (χ0v) is 18.0. The number of ether oxygens (including phenoxy) is 3. The SMILES string of the molecule is COc1cc(C(=O)c2cn(-c3ccccc3)cc2-c2cccc(F)c2)cc(OC)c1OC. The number of hydrogen-bond acceptors (Lipinski definition) is 4. The van der Waals surface area contributed by atoms with Crippen molar-refractivity contribution >= 4 is 5.78 Å². The third-order valence-corrected chi connectivity index (χ3v) is 5.19. The predicted octanol–water partition coefficient (Wildman–Crippen LogP) is 5.54. The minimum atomic E-state index is -0.374. The molecule has 32 heavy (non-hydrogen) atoms. The van der Waals surface area contributed by atoms with Crippen molar-refractivity contribution in [2.24, 2.45) is 0 Å². The summed E-state index contributed by atoms with van der Waals surface area (Å²) in [4.78, 5) is 13.6. The minimum Gasteiger partial charge on any atom is -0.493 e. The first-order valence-corrected chi connectivity index (χ1v) is 9.93. The van der Waals surface area contributed by atoms with E-state index in [0.717, 1.165) is 5.69 Å². The van der Waals surface area contributed by atoms with E-state index in [9.17, 15) is 9.18 Å². The van der Waals surface area contributed by atoms with Crippen molar-refractivity contribution in [1.82, 2.24) is 4.57 Å². The molecule has 5 nitrogen and oxygen atoms in total. The zero-order chi connectivity index (χ0) is 22.7. The Balaban J connectivity index is 1.89. The van der Waals surface area contributed by atoms with Crippen molar-refractivity contribution in [1.29, 1.82) is 0 Å². The van der Waals surface area contributed by atoms with Crippen molar-refractivity contribution in [3.8, 4) is 34.1 Å². The summed E-state index contributed by atoms with van der Waals surface area (Å²) in [6, 6.07) is 19.0. The molecule has 1 aromatic heterocycles. The molecular formula is C26H22FNO4. The maximum absolute atomic E-state index is 14.0. The number of carbonyl (C=O) groups excluding carboxylic acids is 1. The van der Waals surface area contributed by atoms with Crippen molar-refractivity contribution in [3.05, 3.63) is 96.1 Å². The summed E-state index contributed by atoms with van der Waals surface area (Å²) in [5.74, 6) is 0.535. The molecule has 0 unspecified atom stereocenters. The number of halogens is 1. The van der Waals surface area contributed by atoms with Crippen LogP contribution in [0.5, 0.6) is 17.2 Å². The standard InChI is InChI=1S/C26H22FNO4/c1-30-23-13-18(14-24(31-2)26(23)32-3)25(29)22-16-28(20-10-5-4-6-11-20)15-21(22)17-8-7-9-19(27)12-17/h4-16H,1-3H3. The third-order valence-electron chi connectivity index (χ3n) is 5.19. The Morgan fingerprint density at radius 1 is 0.812 bits per heavy atom. The minimum absolute atomic E-state index is 0.252. The van der Waals surface area contributed by atoms with Crippen molar-refractivity contribution in [2.75, 3.05) is 21.3 Å². The topological polar surface area (TPSA) is 49.7 Å². The number of ketones is 1. The molecule has 3 aromatic carbocycles. The highest BCUT2D eigenvalue weighted by atomic mass is 19.1. The number of para-hydroxylation sites is 1. The number of methoxy groups -OCH3 is 3. The summed E-state index contributed by atoms with van der Waals surface area (Å²) in [6.07, 6.45) is 3.58. The number of benzene rings is 3. The maximum atomic E-state index is 14.0. The van der Waals surface area contributed by atoms with Gasteiger partial charge in [0, 0.05) is 34.8 Å². The normalized spacial score (nSPS) is 10.6. The molecule has 4 rings (SSSR count). The molecule has 0 saturated heterocycles. The lowest BCUT2D eigenvalue weighted by Crippen LogP contribution is -2.04. The van der Waals surface area contributed by atoms with Crippen molar-refractivity contribution < 1.29 is 23.4 Å². The van der Waals surface area contributed by atoms with Gasteiger partial charge in [0.25, 0.3) is 0 Å². The summed E-state index contributed by atoms with van der Waals surface area (Å²) in [7, 11) is 4.50. The predicted molar refractivity (Wildman–Crippen MR) is 121 cm³/mol. The molecule has 0 bridgehead atoms. The van der Waals surface area contributed by atoms with Gasteiger partial charge in [0.15, 0.2) is 17.3 Å². The second-order valence-corrected chi connectivity index (χ2v) is 7.08. The van der Waals surface area contributed by atoms with Crippen LogP contribution in [0.25, 0.3) is 16.8 Å². The van der Waals surface area contributed by atoms with Gasteiger partial charge >= 0.3 is 0 Å². The molecule has 0 N–H and O–H groups in total. The number of carbonyl (C=O) groups is 1. The average Bonchev–Trinajstić information content (AvgIpc) is 3.28. The summed E-state index contributed by atoms with van der Waals surface area (Å²) in [5, 5.41) is 0. The van der Waals surface area contributed by atoms with E-state index in [1.54, 1.807) is 30.5 Å². The van der Waals surface area contributed by atoms with Gasteiger partial charge in [-0.1, -0.05) is 30.3 Å². The number of nitrogens with zero attached hydrogens (tertiary/aromatic N) is 1. The van der Waals surface area contributed by atoms with Crippen LogP contribution in [0.2, 0.25) is 0 Å². The highest BCUT2D eigenvalue weighted by Crippen LogP contribution is 2.39. The first-order chi connectivity index (χ1) is 15.5. The van der Waals surface area contributed by atoms with Gasteiger partial charge in [-0.25, -0.2) is 4.39 Å². The van der Waals surface area contributed by atoms with Crippen LogP contribution in [0.15, 0.2) is 79.1 Å². The number of rotatable bonds is 7. The Morgan fingerprint density at radius 3 is 2.09 bits per heavy atom. The fourth-order valence-corrected chi connectivity index (χ4v) is 3.64. The highest BCUT2D eigenvalue weighted by molar-refractivity contribution is 6.13. The summed E-state index contributed by atoms with van der Waals surface area (Å²) >= 11 is 0. The van der Waals surface area contributed by atoms with Gasteiger partial charge in [0.05, 0.1) is 21.3 Å². The van der Waals surface area contributed by atoms with Crippen LogP contribution in [0.4, 0.5) is 4.39 Å². The van der Waals surface area contributed by atoms with Crippen molar-refractivity contribution in [2.45, 2.75) is 0 Å². The van der Waals surface area contributed by atoms with Gasteiger partial charge in [-0.2, -0.15) is 0 Å². The fraction of sp³-hybridized carbons (Fsp3) is 0.115. The van der Waals surface area contributed by atoms with E-state index in [2.05, 4.69) is 0 Å². The lowest BCUT2D eigenvalue weighted by Gasteiger charge is -2.14. The Hall–Kier alpha value is -4.06. The Kier molecular flexibility index (Phi) is 5.94. The molecule has 6 heteroatoms. The molecule has 0 spiro atoms. The van der Waals surface area contributed by atoms with Gasteiger partial charge < -0.3 is 18.8 Å². The highest BCUT2D eigenvalue weighted by Gasteiger charge is 2.22. The van der Waals surface area contributed by atoms with E-state index in [0.29, 0.717) is 39.5 Å². The van der Waals surface area contributed by atoms with E-state index in [-0.39, 0.29) is 11.6 Å². The molecule has 0 fully saturated rings. The van der Waals surface area contributed by atoms with E-state index >= 15 is 0 Å². The average molecular weight is 431 g/mol. The monoisotopic (exact) mass is 431 g/mol. The van der Waals surface area contributed by atoms with Crippen LogP contribution in [-0.4, -0.2) is 31.7 Å². The second-order valence-electron chi connectivity index (χ2n) is 7.08. The van der Waals surface area contributed by atoms with Crippen LogP contribution in [0, 0.1) is 5.82 Å². The van der Waals surface area contributed by atoms with E-state index in [1.807, 2.05) is 41.1 Å². The molecule has 0 atom stereocenters. The first kappa shape index (κ1) is 21.2. The number of hydrogen-bond donors (Lipinski definition) is 0. The third kappa shape index (κ3) is 3.95. The Bertz CT molecular complexity index is 1240. The lowest BCUT2D eigenvalue weighted by atomic mass is 9.97. The Morgan fingerprint density at radius 2 is 1.50 bits per heavy atom. The van der Waals surface area contributed by atoms with Crippen LogP contribution < -0.4 is 14.2 Å². The second kappa shape index (κ2) is 8.98. The summed E-state index contributed by atoms with van der Waals surface area (Å²) < 4.78 is 32.0. The van der Waals surface area contributed by atoms with E-state index < -0.39 is 0 Å². The molecule has 0 amide bonds. The molecule has 1 heterocycles. The molecule has 0 aliphatic heterocycles. The summed E-state index contributed by atoms with van der Waals surface area (Å²) in [5.41, 5.74) is 2.90. The van der Waals surface area contributed by atoms with Gasteiger partial charge in [0.1, 0.15) is 5.82 Å². The first-order valence-electron chi connectivity index (χ1n) is 9.93. The maximum Gasteiger partial charge on any atom is 0.203 e. The molecule has 162 valence electrons. The fourth-order valence-electron chi connectivity index (χ4n) is 3.64. The quantitative estimate of drug-likeness (QED) is 0.361. The molecular weight excluding hydrogens is 409 g/mol. The van der Waals surface area contributed by atoms with E-state index in [1.165, 1.54) is 33.5 Å². The van der Waals surface area contributed by atoms with Crippen LogP contribution in [0.3, 0.4) is 0 Å². The van der Waals surface area contributed by atoms with E-state index in [4.69, 9.17) is 14.2 Å². The van der Waals surface area contributed by atoms with Crippen LogP contribution in [0.1, 0.15) is 15.9 Å². The molecule has 0 aliphatic carbocycles.